The van der Waals surface area contributed by atoms with E-state index in [1.54, 1.807) is 0 Å². The summed E-state index contributed by atoms with van der Waals surface area (Å²) in [4.78, 5) is 11.6. The first-order valence-electron chi connectivity index (χ1n) is 5.11. The molecule has 1 fully saturated rings. The fourth-order valence-electron chi connectivity index (χ4n) is 1.88. The number of benzene rings is 1. The lowest BCUT2D eigenvalue weighted by Crippen LogP contribution is -2.33. The highest BCUT2D eigenvalue weighted by atomic mass is 16.1. The van der Waals surface area contributed by atoms with E-state index in [1.165, 1.54) is 0 Å². The smallest absolute Gasteiger partial charge is 0.227 e. The van der Waals surface area contributed by atoms with Crippen LogP contribution in [0.1, 0.15) is 19.8 Å². The number of rotatable bonds is 2. The summed E-state index contributed by atoms with van der Waals surface area (Å²) in [5, 5.41) is 2.93. The van der Waals surface area contributed by atoms with Crippen molar-refractivity contribution in [1.82, 2.24) is 0 Å². The van der Waals surface area contributed by atoms with E-state index in [-0.39, 0.29) is 11.8 Å². The second-order valence-corrected chi connectivity index (χ2v) is 4.13. The van der Waals surface area contributed by atoms with Crippen molar-refractivity contribution in [2.45, 2.75) is 19.8 Å². The van der Waals surface area contributed by atoms with Crippen LogP contribution in [0, 0.1) is 11.8 Å². The molecule has 0 spiro atoms. The Morgan fingerprint density at radius 1 is 1.29 bits per heavy atom. The largest absolute Gasteiger partial charge is 0.326 e. The summed E-state index contributed by atoms with van der Waals surface area (Å²) in [6, 6.07) is 9.64. The third-order valence-electron chi connectivity index (χ3n) is 2.79. The Labute approximate surface area is 84.3 Å². The van der Waals surface area contributed by atoms with Crippen LogP contribution in [-0.2, 0) is 4.79 Å². The lowest BCUT2D eigenvalue weighted by Gasteiger charge is -2.31. The average molecular weight is 189 g/mol. The number of para-hydroxylation sites is 1. The lowest BCUT2D eigenvalue weighted by atomic mass is 9.75. The van der Waals surface area contributed by atoms with Crippen LogP contribution in [0.3, 0.4) is 0 Å². The maximum Gasteiger partial charge on any atom is 0.227 e. The summed E-state index contributed by atoms with van der Waals surface area (Å²) in [5.74, 6) is 1.14. The Kier molecular flexibility index (Phi) is 2.53. The van der Waals surface area contributed by atoms with Crippen LogP contribution in [0.15, 0.2) is 30.3 Å². The molecule has 1 aromatic rings. The number of amides is 1. The first kappa shape index (κ1) is 9.25. The van der Waals surface area contributed by atoms with E-state index in [0.717, 1.165) is 24.4 Å². The molecule has 14 heavy (non-hydrogen) atoms. The molecule has 0 radical (unpaired) electrons. The summed E-state index contributed by atoms with van der Waals surface area (Å²) in [7, 11) is 0. The number of hydrogen-bond donors (Lipinski definition) is 1. The van der Waals surface area contributed by atoms with Gasteiger partial charge in [0.15, 0.2) is 0 Å². The van der Waals surface area contributed by atoms with Gasteiger partial charge in [-0.2, -0.15) is 0 Å². The minimum Gasteiger partial charge on any atom is -0.326 e. The van der Waals surface area contributed by atoms with Crippen molar-refractivity contribution in [2.75, 3.05) is 5.32 Å². The molecule has 0 aliphatic heterocycles. The Morgan fingerprint density at radius 3 is 2.50 bits per heavy atom. The van der Waals surface area contributed by atoms with E-state index in [2.05, 4.69) is 12.2 Å². The van der Waals surface area contributed by atoms with E-state index in [9.17, 15) is 4.79 Å². The number of carbonyl (C=O) groups excluding carboxylic acids is 1. The zero-order valence-corrected chi connectivity index (χ0v) is 8.36. The van der Waals surface area contributed by atoms with Gasteiger partial charge in [0.2, 0.25) is 5.91 Å². The first-order chi connectivity index (χ1) is 6.75. The molecular weight excluding hydrogens is 174 g/mol. The molecule has 1 aliphatic rings. The van der Waals surface area contributed by atoms with E-state index in [0.29, 0.717) is 0 Å². The zero-order valence-electron chi connectivity index (χ0n) is 8.36. The van der Waals surface area contributed by atoms with Crippen LogP contribution in [0.2, 0.25) is 0 Å². The summed E-state index contributed by atoms with van der Waals surface area (Å²) in [6.07, 6.45) is 2.08. The fourth-order valence-corrected chi connectivity index (χ4v) is 1.88. The maximum absolute atomic E-state index is 11.6. The van der Waals surface area contributed by atoms with Gasteiger partial charge in [0.05, 0.1) is 0 Å². The molecule has 1 aliphatic carbocycles. The van der Waals surface area contributed by atoms with E-state index in [1.807, 2.05) is 30.3 Å². The Hall–Kier alpha value is -1.31. The highest BCUT2D eigenvalue weighted by molar-refractivity contribution is 5.93. The molecule has 0 bridgehead atoms. The molecule has 0 aromatic heterocycles. The standard InChI is InChI=1S/C12H15NO/c1-9-7-10(8-9)12(14)13-11-5-3-2-4-6-11/h2-6,9-10H,7-8H2,1H3,(H,13,14). The number of anilines is 1. The second kappa shape index (κ2) is 3.82. The van der Waals surface area contributed by atoms with Gasteiger partial charge in [-0.15, -0.1) is 0 Å². The quantitative estimate of drug-likeness (QED) is 0.761. The van der Waals surface area contributed by atoms with Gasteiger partial charge < -0.3 is 5.32 Å². The highest BCUT2D eigenvalue weighted by Gasteiger charge is 2.31. The normalized spacial score (nSPS) is 25.2. The number of hydrogen-bond acceptors (Lipinski definition) is 1. The molecule has 1 saturated carbocycles. The predicted octanol–water partition coefficient (Wildman–Crippen LogP) is 2.67. The van der Waals surface area contributed by atoms with Crippen LogP contribution in [0.25, 0.3) is 0 Å². The molecule has 1 N–H and O–H groups in total. The predicted molar refractivity (Wildman–Crippen MR) is 57.0 cm³/mol. The summed E-state index contributed by atoms with van der Waals surface area (Å²) in [5.41, 5.74) is 0.900. The van der Waals surface area contributed by atoms with Gasteiger partial charge in [-0.3, -0.25) is 4.79 Å². The van der Waals surface area contributed by atoms with E-state index in [4.69, 9.17) is 0 Å². The number of carbonyl (C=O) groups is 1. The zero-order chi connectivity index (χ0) is 9.97. The van der Waals surface area contributed by atoms with Gasteiger partial charge in [-0.25, -0.2) is 0 Å². The Bertz CT molecular complexity index is 314. The molecule has 0 heterocycles. The summed E-state index contributed by atoms with van der Waals surface area (Å²) < 4.78 is 0. The van der Waals surface area contributed by atoms with Gasteiger partial charge in [0, 0.05) is 11.6 Å². The van der Waals surface area contributed by atoms with Gasteiger partial charge in [-0.1, -0.05) is 25.1 Å². The monoisotopic (exact) mass is 189 g/mol. The van der Waals surface area contributed by atoms with E-state index < -0.39 is 0 Å². The van der Waals surface area contributed by atoms with Crippen LogP contribution in [-0.4, -0.2) is 5.91 Å². The molecule has 74 valence electrons. The van der Waals surface area contributed by atoms with Crippen molar-refractivity contribution in [1.29, 1.82) is 0 Å². The molecular formula is C12H15NO. The second-order valence-electron chi connectivity index (χ2n) is 4.13. The maximum atomic E-state index is 11.6. The van der Waals surface area contributed by atoms with Crippen LogP contribution >= 0.6 is 0 Å². The molecule has 0 saturated heterocycles. The third-order valence-corrected chi connectivity index (χ3v) is 2.79. The highest BCUT2D eigenvalue weighted by Crippen LogP contribution is 2.33. The van der Waals surface area contributed by atoms with E-state index >= 15 is 0 Å². The number of nitrogens with one attached hydrogen (secondary N) is 1. The minimum atomic E-state index is 0.175. The van der Waals surface area contributed by atoms with Crippen LogP contribution < -0.4 is 5.32 Å². The van der Waals surface area contributed by atoms with Gasteiger partial charge in [0.25, 0.3) is 0 Å². The Balaban J connectivity index is 1.89. The molecule has 2 rings (SSSR count). The minimum absolute atomic E-state index is 0.175. The topological polar surface area (TPSA) is 29.1 Å². The van der Waals surface area contributed by atoms with Crippen molar-refractivity contribution in [2.24, 2.45) is 11.8 Å². The summed E-state index contributed by atoms with van der Waals surface area (Å²) in [6.45, 7) is 2.19. The van der Waals surface area contributed by atoms with Crippen molar-refractivity contribution in [3.05, 3.63) is 30.3 Å². The third kappa shape index (κ3) is 1.95. The molecule has 0 unspecified atom stereocenters. The summed E-state index contributed by atoms with van der Waals surface area (Å²) >= 11 is 0. The van der Waals surface area contributed by atoms with Crippen LogP contribution in [0.5, 0.6) is 0 Å². The lowest BCUT2D eigenvalue weighted by molar-refractivity contribution is -0.123. The molecule has 1 amide bonds. The fraction of sp³-hybridized carbons (Fsp3) is 0.417. The van der Waals surface area contributed by atoms with Gasteiger partial charge in [-0.05, 0) is 30.9 Å². The SMILES string of the molecule is CC1CC(C(=O)Nc2ccccc2)C1. The first-order valence-corrected chi connectivity index (χ1v) is 5.11. The molecule has 0 atom stereocenters. The average Bonchev–Trinajstić information content (AvgIpc) is 2.14. The van der Waals surface area contributed by atoms with Crippen LogP contribution in [0.4, 0.5) is 5.69 Å². The molecule has 2 nitrogen and oxygen atoms in total. The molecule has 2 heteroatoms. The molecule has 1 aromatic carbocycles. The van der Waals surface area contributed by atoms with Gasteiger partial charge in [0.1, 0.15) is 0 Å². The van der Waals surface area contributed by atoms with Crippen molar-refractivity contribution < 1.29 is 4.79 Å². The Morgan fingerprint density at radius 2 is 1.93 bits per heavy atom. The van der Waals surface area contributed by atoms with Crippen molar-refractivity contribution in [3.63, 3.8) is 0 Å². The van der Waals surface area contributed by atoms with Crippen molar-refractivity contribution >= 4 is 11.6 Å². The van der Waals surface area contributed by atoms with Crippen molar-refractivity contribution in [3.8, 4) is 0 Å². The van der Waals surface area contributed by atoms with Gasteiger partial charge >= 0.3 is 0 Å².